The van der Waals surface area contributed by atoms with E-state index in [1.165, 1.54) is 20.2 Å². The summed E-state index contributed by atoms with van der Waals surface area (Å²) in [6.45, 7) is 0. The van der Waals surface area contributed by atoms with Gasteiger partial charge in [-0.1, -0.05) is 42.5 Å². The summed E-state index contributed by atoms with van der Waals surface area (Å²) in [6.07, 6.45) is 0. The summed E-state index contributed by atoms with van der Waals surface area (Å²) in [4.78, 5) is 0. The third kappa shape index (κ3) is 1.98. The summed E-state index contributed by atoms with van der Waals surface area (Å²) in [5.41, 5.74) is 8.79. The standard InChI is InChI=1S/C19H14N2S/c20-16-7-3-1-6-14(16)19(21)12-9-10-18-15(11-12)13-5-2-4-8-17(13)22-18/h1-11,21H,20H2. The number of benzene rings is 3. The van der Waals surface area contributed by atoms with Gasteiger partial charge in [0.05, 0.1) is 5.71 Å². The van der Waals surface area contributed by atoms with Crippen LogP contribution in [0.1, 0.15) is 11.1 Å². The Hall–Kier alpha value is -2.65. The van der Waals surface area contributed by atoms with Gasteiger partial charge in [-0.2, -0.15) is 0 Å². The molecule has 4 rings (SSSR count). The molecule has 0 aliphatic carbocycles. The lowest BCUT2D eigenvalue weighted by atomic mass is 9.99. The van der Waals surface area contributed by atoms with Crippen LogP contribution in [-0.4, -0.2) is 5.71 Å². The van der Waals surface area contributed by atoms with Crippen molar-refractivity contribution in [2.24, 2.45) is 0 Å². The maximum atomic E-state index is 8.47. The van der Waals surface area contributed by atoms with Crippen LogP contribution >= 0.6 is 11.3 Å². The largest absolute Gasteiger partial charge is 0.398 e. The molecule has 2 nitrogen and oxygen atoms in total. The van der Waals surface area contributed by atoms with E-state index >= 15 is 0 Å². The highest BCUT2D eigenvalue weighted by molar-refractivity contribution is 7.25. The Kier molecular flexibility index (Phi) is 2.94. The highest BCUT2D eigenvalue weighted by atomic mass is 32.1. The molecule has 106 valence electrons. The zero-order valence-corrected chi connectivity index (χ0v) is 12.7. The van der Waals surface area contributed by atoms with Crippen molar-refractivity contribution in [2.75, 3.05) is 5.73 Å². The molecule has 0 saturated heterocycles. The number of nitrogens with one attached hydrogen (secondary N) is 1. The Morgan fingerprint density at radius 3 is 2.41 bits per heavy atom. The molecule has 0 saturated carbocycles. The third-order valence-corrected chi connectivity index (χ3v) is 5.05. The van der Waals surface area contributed by atoms with Crippen molar-refractivity contribution >= 4 is 42.9 Å². The minimum atomic E-state index is 0.468. The van der Waals surface area contributed by atoms with Crippen LogP contribution in [0.3, 0.4) is 0 Å². The van der Waals surface area contributed by atoms with Gasteiger partial charge in [-0.15, -0.1) is 11.3 Å². The average Bonchev–Trinajstić information content (AvgIpc) is 2.92. The Bertz CT molecular complexity index is 1010. The molecule has 0 fully saturated rings. The number of rotatable bonds is 2. The maximum absolute atomic E-state index is 8.47. The minimum absolute atomic E-state index is 0.468. The maximum Gasteiger partial charge on any atom is 0.0705 e. The van der Waals surface area contributed by atoms with Gasteiger partial charge in [-0.3, -0.25) is 5.41 Å². The van der Waals surface area contributed by atoms with Gasteiger partial charge in [0.15, 0.2) is 0 Å². The number of anilines is 1. The van der Waals surface area contributed by atoms with Gasteiger partial charge in [-0.25, -0.2) is 0 Å². The predicted octanol–water partition coefficient (Wildman–Crippen LogP) is 5.05. The molecule has 22 heavy (non-hydrogen) atoms. The van der Waals surface area contributed by atoms with Gasteiger partial charge in [0, 0.05) is 37.0 Å². The van der Waals surface area contributed by atoms with E-state index in [9.17, 15) is 0 Å². The summed E-state index contributed by atoms with van der Waals surface area (Å²) < 4.78 is 2.53. The summed E-state index contributed by atoms with van der Waals surface area (Å²) in [7, 11) is 0. The number of hydrogen-bond acceptors (Lipinski definition) is 3. The van der Waals surface area contributed by atoms with Crippen molar-refractivity contribution in [3.63, 3.8) is 0 Å². The molecule has 1 heterocycles. The molecule has 0 spiro atoms. The van der Waals surface area contributed by atoms with E-state index in [1.54, 1.807) is 11.3 Å². The summed E-state index contributed by atoms with van der Waals surface area (Å²) in [6, 6.07) is 22.1. The highest BCUT2D eigenvalue weighted by Crippen LogP contribution is 2.34. The lowest BCUT2D eigenvalue weighted by Gasteiger charge is -2.07. The second-order valence-electron chi connectivity index (χ2n) is 5.27. The van der Waals surface area contributed by atoms with Gasteiger partial charge in [0.2, 0.25) is 0 Å². The van der Waals surface area contributed by atoms with E-state index in [4.69, 9.17) is 11.1 Å². The number of nitrogens with two attached hydrogens (primary N) is 1. The quantitative estimate of drug-likeness (QED) is 0.395. The van der Waals surface area contributed by atoms with E-state index in [-0.39, 0.29) is 0 Å². The lowest BCUT2D eigenvalue weighted by molar-refractivity contribution is 1.46. The van der Waals surface area contributed by atoms with Crippen LogP contribution in [0.15, 0.2) is 66.7 Å². The average molecular weight is 302 g/mol. The number of thiophene rings is 1. The topological polar surface area (TPSA) is 49.9 Å². The summed E-state index contributed by atoms with van der Waals surface area (Å²) in [5, 5.41) is 10.9. The first-order valence-electron chi connectivity index (χ1n) is 7.09. The van der Waals surface area contributed by atoms with Gasteiger partial charge in [0.25, 0.3) is 0 Å². The molecule has 3 heteroatoms. The van der Waals surface area contributed by atoms with Crippen LogP contribution in [0.4, 0.5) is 5.69 Å². The monoisotopic (exact) mass is 302 g/mol. The molecule has 0 bridgehead atoms. The Morgan fingerprint density at radius 1 is 0.818 bits per heavy atom. The Morgan fingerprint density at radius 2 is 1.55 bits per heavy atom. The second-order valence-corrected chi connectivity index (χ2v) is 6.36. The molecule has 0 aliphatic rings. The highest BCUT2D eigenvalue weighted by Gasteiger charge is 2.11. The van der Waals surface area contributed by atoms with E-state index in [2.05, 4.69) is 36.4 Å². The SMILES string of the molecule is N=C(c1ccc2sc3ccccc3c2c1)c1ccccc1N. The smallest absolute Gasteiger partial charge is 0.0705 e. The fourth-order valence-corrected chi connectivity index (χ4v) is 3.85. The molecule has 3 N–H and O–H groups in total. The Balaban J connectivity index is 1.91. The lowest BCUT2D eigenvalue weighted by Crippen LogP contribution is -2.04. The molecule has 4 aromatic rings. The molecule has 3 aromatic carbocycles. The normalized spacial score (nSPS) is 11.1. The predicted molar refractivity (Wildman–Crippen MR) is 96.1 cm³/mol. The summed E-state index contributed by atoms with van der Waals surface area (Å²) in [5.74, 6) is 0. The van der Waals surface area contributed by atoms with Gasteiger partial charge < -0.3 is 5.73 Å². The van der Waals surface area contributed by atoms with Crippen molar-refractivity contribution in [2.45, 2.75) is 0 Å². The molecule has 0 radical (unpaired) electrons. The molecular weight excluding hydrogens is 288 g/mol. The number of nitrogen functional groups attached to an aromatic ring is 1. The van der Waals surface area contributed by atoms with Crippen LogP contribution in [0, 0.1) is 5.41 Å². The number of hydrogen-bond donors (Lipinski definition) is 2. The van der Waals surface area contributed by atoms with Crippen LogP contribution in [0.2, 0.25) is 0 Å². The van der Waals surface area contributed by atoms with Gasteiger partial charge >= 0.3 is 0 Å². The molecule has 0 amide bonds. The second kappa shape index (κ2) is 4.97. The van der Waals surface area contributed by atoms with Crippen molar-refractivity contribution in [3.05, 3.63) is 77.9 Å². The fraction of sp³-hybridized carbons (Fsp3) is 0. The van der Waals surface area contributed by atoms with E-state index in [0.29, 0.717) is 11.4 Å². The first-order valence-corrected chi connectivity index (χ1v) is 7.91. The van der Waals surface area contributed by atoms with Crippen molar-refractivity contribution in [3.8, 4) is 0 Å². The first kappa shape index (κ1) is 13.0. The minimum Gasteiger partial charge on any atom is -0.398 e. The summed E-state index contributed by atoms with van der Waals surface area (Å²) >= 11 is 1.79. The van der Waals surface area contributed by atoms with E-state index in [1.807, 2.05) is 30.3 Å². The van der Waals surface area contributed by atoms with Crippen LogP contribution < -0.4 is 5.73 Å². The molecule has 0 atom stereocenters. The number of para-hydroxylation sites is 1. The van der Waals surface area contributed by atoms with Gasteiger partial charge in [0.1, 0.15) is 0 Å². The molecule has 0 unspecified atom stereocenters. The van der Waals surface area contributed by atoms with Crippen LogP contribution in [0.25, 0.3) is 20.2 Å². The van der Waals surface area contributed by atoms with Crippen molar-refractivity contribution < 1.29 is 0 Å². The molecular formula is C19H14N2S. The van der Waals surface area contributed by atoms with Crippen molar-refractivity contribution in [1.29, 1.82) is 5.41 Å². The zero-order valence-electron chi connectivity index (χ0n) is 11.8. The third-order valence-electron chi connectivity index (χ3n) is 3.90. The van der Waals surface area contributed by atoms with Crippen molar-refractivity contribution in [1.82, 2.24) is 0 Å². The zero-order chi connectivity index (χ0) is 15.1. The van der Waals surface area contributed by atoms with E-state index < -0.39 is 0 Å². The fourth-order valence-electron chi connectivity index (χ4n) is 2.76. The molecule has 1 aromatic heterocycles. The van der Waals surface area contributed by atoms with Gasteiger partial charge in [-0.05, 0) is 24.3 Å². The first-order chi connectivity index (χ1) is 10.7. The van der Waals surface area contributed by atoms with E-state index in [0.717, 1.165) is 11.1 Å². The number of fused-ring (bicyclic) bond motifs is 3. The Labute approximate surface area is 132 Å². The molecule has 0 aliphatic heterocycles. The van der Waals surface area contributed by atoms with Crippen LogP contribution in [0.5, 0.6) is 0 Å². The van der Waals surface area contributed by atoms with Crippen LogP contribution in [-0.2, 0) is 0 Å².